The van der Waals surface area contributed by atoms with Gasteiger partial charge in [-0.15, -0.1) is 0 Å². The first-order chi connectivity index (χ1) is 27.3. The molecule has 0 atom stereocenters. The standard InChI is InChI=1S/C51H31N3O/c1-2-14-32(15-3-1)34-18-12-19-36(30-34)49-52-50(54-51(53-49)43-25-13-27-46-48(43)42-24-10-11-26-45(42)55-46)41-23-9-8-22-39(41)44-31-35-17-5-7-21-38(35)47-37-20-6-4-16-33(37)28-29-40(44)47/h1-31H. The van der Waals surface area contributed by atoms with E-state index < -0.39 is 0 Å². The van der Waals surface area contributed by atoms with Crippen LogP contribution in [-0.4, -0.2) is 15.0 Å². The number of benzene rings is 9. The summed E-state index contributed by atoms with van der Waals surface area (Å²) in [5.41, 5.74) is 8.78. The molecule has 0 saturated heterocycles. The summed E-state index contributed by atoms with van der Waals surface area (Å²) in [6.45, 7) is 0. The van der Waals surface area contributed by atoms with Crippen LogP contribution in [0.1, 0.15) is 0 Å². The normalized spacial score (nSPS) is 11.6. The van der Waals surface area contributed by atoms with E-state index in [9.17, 15) is 0 Å². The molecule has 55 heavy (non-hydrogen) atoms. The molecule has 0 radical (unpaired) electrons. The van der Waals surface area contributed by atoms with Gasteiger partial charge in [-0.3, -0.25) is 0 Å². The summed E-state index contributed by atoms with van der Waals surface area (Å²) in [6.07, 6.45) is 0. The molecule has 11 rings (SSSR count). The minimum Gasteiger partial charge on any atom is -0.456 e. The molecule has 0 aliphatic rings. The molecule has 9 aromatic carbocycles. The van der Waals surface area contributed by atoms with Crippen LogP contribution >= 0.6 is 0 Å². The van der Waals surface area contributed by atoms with Crippen molar-refractivity contribution in [3.63, 3.8) is 0 Å². The van der Waals surface area contributed by atoms with Crippen LogP contribution < -0.4 is 0 Å². The smallest absolute Gasteiger partial charge is 0.164 e. The summed E-state index contributed by atoms with van der Waals surface area (Å²) in [7, 11) is 0. The molecule has 256 valence electrons. The van der Waals surface area contributed by atoms with Crippen molar-refractivity contribution >= 4 is 54.3 Å². The maximum atomic E-state index is 6.32. The molecule has 0 unspecified atom stereocenters. The second kappa shape index (κ2) is 12.6. The number of nitrogens with zero attached hydrogens (tertiary/aromatic N) is 3. The molecular formula is C51H31N3O. The molecule has 0 amide bonds. The lowest BCUT2D eigenvalue weighted by atomic mass is 9.88. The fraction of sp³-hybridized carbons (Fsp3) is 0. The van der Waals surface area contributed by atoms with Gasteiger partial charge in [0.15, 0.2) is 17.5 Å². The minimum absolute atomic E-state index is 0.589. The van der Waals surface area contributed by atoms with Crippen molar-refractivity contribution in [1.29, 1.82) is 0 Å². The Hall–Kier alpha value is -7.43. The van der Waals surface area contributed by atoms with Crippen molar-refractivity contribution in [2.45, 2.75) is 0 Å². The van der Waals surface area contributed by atoms with Gasteiger partial charge in [0.1, 0.15) is 11.2 Å². The van der Waals surface area contributed by atoms with Crippen molar-refractivity contribution in [3.8, 4) is 56.4 Å². The van der Waals surface area contributed by atoms with E-state index in [0.717, 1.165) is 60.9 Å². The molecule has 11 aromatic rings. The second-order valence-electron chi connectivity index (χ2n) is 13.9. The summed E-state index contributed by atoms with van der Waals surface area (Å²) in [5.74, 6) is 1.80. The first kappa shape index (κ1) is 31.1. The Morgan fingerprint density at radius 1 is 0.291 bits per heavy atom. The van der Waals surface area contributed by atoms with E-state index in [1.807, 2.05) is 36.4 Å². The van der Waals surface area contributed by atoms with E-state index in [-0.39, 0.29) is 0 Å². The summed E-state index contributed by atoms with van der Waals surface area (Å²) < 4.78 is 6.32. The highest BCUT2D eigenvalue weighted by Crippen LogP contribution is 2.43. The Morgan fingerprint density at radius 2 is 0.873 bits per heavy atom. The number of aromatic nitrogens is 3. The number of rotatable bonds is 5. The summed E-state index contributed by atoms with van der Waals surface area (Å²) in [5, 5.41) is 9.31. The van der Waals surface area contributed by atoms with Crippen LogP contribution in [0.25, 0.3) is 111 Å². The number of para-hydroxylation sites is 1. The Labute approximate surface area is 317 Å². The van der Waals surface area contributed by atoms with Gasteiger partial charge in [-0.05, 0) is 78.8 Å². The van der Waals surface area contributed by atoms with E-state index >= 15 is 0 Å². The Bertz CT molecular complexity index is 3260. The van der Waals surface area contributed by atoms with Crippen LogP contribution in [0.5, 0.6) is 0 Å². The van der Waals surface area contributed by atoms with Gasteiger partial charge in [-0.1, -0.05) is 164 Å². The van der Waals surface area contributed by atoms with Crippen molar-refractivity contribution in [1.82, 2.24) is 15.0 Å². The second-order valence-corrected chi connectivity index (χ2v) is 13.9. The average Bonchev–Trinajstić information content (AvgIpc) is 3.65. The molecule has 0 spiro atoms. The predicted octanol–water partition coefficient (Wildman–Crippen LogP) is 13.6. The first-order valence-electron chi connectivity index (χ1n) is 18.5. The maximum absolute atomic E-state index is 6.32. The number of hydrogen-bond acceptors (Lipinski definition) is 4. The Morgan fingerprint density at radius 3 is 1.73 bits per heavy atom. The zero-order chi connectivity index (χ0) is 36.3. The molecule has 0 saturated carbocycles. The average molecular weight is 702 g/mol. The lowest BCUT2D eigenvalue weighted by Crippen LogP contribution is -2.01. The fourth-order valence-electron chi connectivity index (χ4n) is 8.18. The number of hydrogen-bond donors (Lipinski definition) is 0. The van der Waals surface area contributed by atoms with Crippen LogP contribution in [0.3, 0.4) is 0 Å². The zero-order valence-corrected chi connectivity index (χ0v) is 29.6. The Balaban J connectivity index is 1.19. The van der Waals surface area contributed by atoms with E-state index in [1.165, 1.54) is 32.3 Å². The van der Waals surface area contributed by atoms with Crippen molar-refractivity contribution < 1.29 is 4.42 Å². The van der Waals surface area contributed by atoms with Gasteiger partial charge >= 0.3 is 0 Å². The zero-order valence-electron chi connectivity index (χ0n) is 29.6. The van der Waals surface area contributed by atoms with Gasteiger partial charge in [-0.25, -0.2) is 15.0 Å². The molecule has 0 aliphatic carbocycles. The molecule has 2 aromatic heterocycles. The van der Waals surface area contributed by atoms with E-state index in [2.05, 4.69) is 152 Å². The maximum Gasteiger partial charge on any atom is 0.164 e. The number of furan rings is 1. The monoisotopic (exact) mass is 701 g/mol. The first-order valence-corrected chi connectivity index (χ1v) is 18.5. The van der Waals surface area contributed by atoms with Crippen LogP contribution in [0.4, 0.5) is 0 Å². The van der Waals surface area contributed by atoms with Gasteiger partial charge in [0.05, 0.1) is 0 Å². The third kappa shape index (κ3) is 5.19. The molecule has 2 heterocycles. The molecular weight excluding hydrogens is 671 g/mol. The van der Waals surface area contributed by atoms with Gasteiger partial charge < -0.3 is 4.42 Å². The fourth-order valence-corrected chi connectivity index (χ4v) is 8.18. The highest BCUT2D eigenvalue weighted by molar-refractivity contribution is 6.24. The van der Waals surface area contributed by atoms with Gasteiger partial charge in [-0.2, -0.15) is 0 Å². The minimum atomic E-state index is 0.589. The number of fused-ring (bicyclic) bond motifs is 8. The summed E-state index contributed by atoms with van der Waals surface area (Å²) in [6, 6.07) is 65.8. The summed E-state index contributed by atoms with van der Waals surface area (Å²) in [4.78, 5) is 15.9. The molecule has 0 fully saturated rings. The van der Waals surface area contributed by atoms with Crippen molar-refractivity contribution in [3.05, 3.63) is 188 Å². The third-order valence-corrected chi connectivity index (χ3v) is 10.7. The highest BCUT2D eigenvalue weighted by atomic mass is 16.3. The molecule has 0 bridgehead atoms. The van der Waals surface area contributed by atoms with E-state index in [1.54, 1.807) is 0 Å². The topological polar surface area (TPSA) is 51.8 Å². The lowest BCUT2D eigenvalue weighted by Gasteiger charge is -2.16. The molecule has 0 N–H and O–H groups in total. The predicted molar refractivity (Wildman–Crippen MR) is 227 cm³/mol. The SMILES string of the molecule is c1ccc(-c2cccc(-c3nc(-c4ccccc4-c4cc5ccccc5c5c4ccc4ccccc45)nc(-c4cccc5oc6ccccc6c45)n3)c2)cc1. The molecule has 4 heteroatoms. The Kier molecular flexibility index (Phi) is 7.14. The van der Waals surface area contributed by atoms with Crippen molar-refractivity contribution in [2.75, 3.05) is 0 Å². The van der Waals surface area contributed by atoms with Gasteiger partial charge in [0.25, 0.3) is 0 Å². The van der Waals surface area contributed by atoms with E-state index in [0.29, 0.717) is 17.5 Å². The largest absolute Gasteiger partial charge is 0.456 e. The van der Waals surface area contributed by atoms with Gasteiger partial charge in [0.2, 0.25) is 0 Å². The lowest BCUT2D eigenvalue weighted by molar-refractivity contribution is 0.669. The molecule has 4 nitrogen and oxygen atoms in total. The summed E-state index contributed by atoms with van der Waals surface area (Å²) >= 11 is 0. The van der Waals surface area contributed by atoms with E-state index in [4.69, 9.17) is 19.4 Å². The highest BCUT2D eigenvalue weighted by Gasteiger charge is 2.21. The molecule has 0 aliphatic heterocycles. The van der Waals surface area contributed by atoms with Gasteiger partial charge in [0, 0.05) is 27.5 Å². The van der Waals surface area contributed by atoms with Crippen LogP contribution in [-0.2, 0) is 0 Å². The van der Waals surface area contributed by atoms with Crippen LogP contribution in [0.15, 0.2) is 192 Å². The third-order valence-electron chi connectivity index (χ3n) is 10.7. The van der Waals surface area contributed by atoms with Crippen LogP contribution in [0.2, 0.25) is 0 Å². The van der Waals surface area contributed by atoms with Crippen molar-refractivity contribution in [2.24, 2.45) is 0 Å². The van der Waals surface area contributed by atoms with Crippen LogP contribution in [0, 0.1) is 0 Å². The quantitative estimate of drug-likeness (QED) is 0.168.